The summed E-state index contributed by atoms with van der Waals surface area (Å²) >= 11 is 0. The summed E-state index contributed by atoms with van der Waals surface area (Å²) in [7, 11) is -3.74. The lowest BCUT2D eigenvalue weighted by atomic mass is 9.68. The highest BCUT2D eigenvalue weighted by molar-refractivity contribution is 7.89. The first-order valence-corrected chi connectivity index (χ1v) is 12.0. The molecule has 1 amide bonds. The van der Waals surface area contributed by atoms with Crippen molar-refractivity contribution in [3.8, 4) is 0 Å². The number of sulfonamides is 1. The van der Waals surface area contributed by atoms with Gasteiger partial charge in [-0.15, -0.1) is 0 Å². The summed E-state index contributed by atoms with van der Waals surface area (Å²) in [5, 5.41) is 13.0. The highest BCUT2D eigenvalue weighted by Crippen LogP contribution is 2.62. The first-order valence-electron chi connectivity index (χ1n) is 10.5. The molecular formula is C22H32N2O4S. The number of nitrogens with one attached hydrogen (secondary N) is 1. The highest BCUT2D eigenvalue weighted by atomic mass is 32.2. The number of rotatable bonds is 4. The van der Waals surface area contributed by atoms with Gasteiger partial charge in [0.05, 0.1) is 11.0 Å². The third kappa shape index (κ3) is 3.31. The number of carbonyl (C=O) groups excluding carboxylic acids is 1. The molecule has 1 aromatic rings. The van der Waals surface area contributed by atoms with Crippen LogP contribution in [0.2, 0.25) is 0 Å². The maximum atomic E-state index is 13.1. The van der Waals surface area contributed by atoms with Crippen LogP contribution in [0.3, 0.4) is 0 Å². The van der Waals surface area contributed by atoms with Crippen molar-refractivity contribution in [2.45, 2.75) is 70.4 Å². The van der Waals surface area contributed by atoms with E-state index in [0.717, 1.165) is 12.8 Å². The standard InChI is InChI=1S/C22H32N2O4S/c1-14-5-6-15(11-18(14)29(27,28)24-10-8-17(25)13-24)19(26)23-20-21(2,3)16-7-9-22(20,4)12-16/h5-6,11,16-17,20,25H,7-10,12-13H2,1-4H3,(H,23,26)/t16-,17+,20?,22?/m1/s1. The van der Waals surface area contributed by atoms with Gasteiger partial charge in [0.25, 0.3) is 5.91 Å². The number of aliphatic hydroxyl groups is 1. The van der Waals surface area contributed by atoms with E-state index in [1.54, 1.807) is 19.1 Å². The molecule has 2 saturated carbocycles. The number of nitrogens with zero attached hydrogens (tertiary/aromatic N) is 1. The fourth-order valence-corrected chi connectivity index (χ4v) is 7.71. The van der Waals surface area contributed by atoms with Gasteiger partial charge in [0.2, 0.25) is 10.0 Å². The zero-order valence-corrected chi connectivity index (χ0v) is 18.6. The lowest BCUT2D eigenvalue weighted by Crippen LogP contribution is -2.52. The molecule has 2 unspecified atom stereocenters. The van der Waals surface area contributed by atoms with Crippen LogP contribution in [-0.4, -0.2) is 49.0 Å². The fourth-order valence-electron chi connectivity index (χ4n) is 5.96. The first-order chi connectivity index (χ1) is 13.4. The number of aliphatic hydroxyl groups excluding tert-OH is 1. The van der Waals surface area contributed by atoms with Gasteiger partial charge in [0, 0.05) is 24.7 Å². The van der Waals surface area contributed by atoms with Gasteiger partial charge in [-0.1, -0.05) is 26.8 Å². The molecule has 2 N–H and O–H groups in total. The van der Waals surface area contributed by atoms with Crippen LogP contribution in [0.15, 0.2) is 23.1 Å². The molecule has 0 spiro atoms. The Bertz CT molecular complexity index is 937. The van der Waals surface area contributed by atoms with Crippen LogP contribution in [-0.2, 0) is 10.0 Å². The van der Waals surface area contributed by atoms with Crippen molar-refractivity contribution in [2.24, 2.45) is 16.7 Å². The predicted molar refractivity (Wildman–Crippen MR) is 111 cm³/mol. The molecule has 3 aliphatic rings. The van der Waals surface area contributed by atoms with E-state index in [0.29, 0.717) is 30.0 Å². The van der Waals surface area contributed by atoms with E-state index in [2.05, 4.69) is 26.1 Å². The second kappa shape index (κ2) is 6.79. The molecule has 29 heavy (non-hydrogen) atoms. The van der Waals surface area contributed by atoms with Crippen molar-refractivity contribution >= 4 is 15.9 Å². The van der Waals surface area contributed by atoms with Crippen LogP contribution in [0.25, 0.3) is 0 Å². The normalized spacial score (nSPS) is 33.9. The number of hydrogen-bond donors (Lipinski definition) is 2. The minimum absolute atomic E-state index is 0.0357. The number of hydrogen-bond acceptors (Lipinski definition) is 4. The summed E-state index contributed by atoms with van der Waals surface area (Å²) in [6.45, 7) is 8.87. The lowest BCUT2D eigenvalue weighted by molar-refractivity contribution is 0.0737. The summed E-state index contributed by atoms with van der Waals surface area (Å²) in [6, 6.07) is 4.97. The second-order valence-electron chi connectivity index (χ2n) is 10.1. The average Bonchev–Trinajstić information content (AvgIpc) is 3.30. The Labute approximate surface area is 173 Å². The van der Waals surface area contributed by atoms with Crippen molar-refractivity contribution in [2.75, 3.05) is 13.1 Å². The van der Waals surface area contributed by atoms with Crippen LogP contribution in [0.5, 0.6) is 0 Å². The number of aryl methyl sites for hydroxylation is 1. The predicted octanol–water partition coefficient (Wildman–Crippen LogP) is 2.69. The Balaban J connectivity index is 1.60. The van der Waals surface area contributed by atoms with Crippen LogP contribution < -0.4 is 5.32 Å². The molecule has 6 nitrogen and oxygen atoms in total. The van der Waals surface area contributed by atoms with Gasteiger partial charge < -0.3 is 10.4 Å². The van der Waals surface area contributed by atoms with Gasteiger partial charge in [-0.05, 0) is 67.1 Å². The Kier molecular flexibility index (Phi) is 4.87. The van der Waals surface area contributed by atoms with Gasteiger partial charge in [0.15, 0.2) is 0 Å². The summed E-state index contributed by atoms with van der Waals surface area (Å²) in [5.74, 6) is 0.406. The second-order valence-corrected chi connectivity index (χ2v) is 12.0. The molecule has 160 valence electrons. The van der Waals surface area contributed by atoms with Crippen LogP contribution in [0.1, 0.15) is 62.4 Å². The molecule has 2 aliphatic carbocycles. The Morgan fingerprint density at radius 2 is 1.97 bits per heavy atom. The largest absolute Gasteiger partial charge is 0.392 e. The number of β-amino-alcohol motifs (C(OH)–C–C–N with tert-alkyl or cyclic N) is 1. The maximum absolute atomic E-state index is 13.1. The summed E-state index contributed by atoms with van der Waals surface area (Å²) in [6.07, 6.45) is 3.28. The third-order valence-electron chi connectivity index (χ3n) is 7.74. The van der Waals surface area contributed by atoms with Gasteiger partial charge in [-0.3, -0.25) is 4.79 Å². The van der Waals surface area contributed by atoms with Crippen LogP contribution in [0, 0.1) is 23.7 Å². The van der Waals surface area contributed by atoms with E-state index in [-0.39, 0.29) is 34.2 Å². The van der Waals surface area contributed by atoms with E-state index >= 15 is 0 Å². The third-order valence-corrected chi connectivity index (χ3v) is 9.75. The molecular weight excluding hydrogens is 388 g/mol. The van der Waals surface area contributed by atoms with Crippen molar-refractivity contribution in [3.05, 3.63) is 29.3 Å². The lowest BCUT2D eigenvalue weighted by Gasteiger charge is -2.43. The molecule has 7 heteroatoms. The number of fused-ring (bicyclic) bond motifs is 2. The molecule has 0 radical (unpaired) electrons. The zero-order chi connectivity index (χ0) is 21.2. The van der Waals surface area contributed by atoms with Gasteiger partial charge >= 0.3 is 0 Å². The summed E-state index contributed by atoms with van der Waals surface area (Å²) in [5.41, 5.74) is 1.12. The molecule has 2 bridgehead atoms. The molecule has 1 aromatic carbocycles. The van der Waals surface area contributed by atoms with Gasteiger partial charge in [0.1, 0.15) is 0 Å². The average molecular weight is 421 g/mol. The summed E-state index contributed by atoms with van der Waals surface area (Å²) in [4.78, 5) is 13.3. The van der Waals surface area contributed by atoms with Crippen molar-refractivity contribution < 1.29 is 18.3 Å². The topological polar surface area (TPSA) is 86.7 Å². The maximum Gasteiger partial charge on any atom is 0.251 e. The molecule has 0 aromatic heterocycles. The number of amides is 1. The van der Waals surface area contributed by atoms with E-state index in [1.807, 2.05) is 0 Å². The summed E-state index contributed by atoms with van der Waals surface area (Å²) < 4.78 is 27.4. The zero-order valence-electron chi connectivity index (χ0n) is 17.7. The van der Waals surface area contributed by atoms with Crippen molar-refractivity contribution in [3.63, 3.8) is 0 Å². The first kappa shape index (κ1) is 20.8. The number of benzene rings is 1. The SMILES string of the molecule is Cc1ccc(C(=O)NC2C3(C)CC[C@H](C3)C2(C)C)cc1S(=O)(=O)N1CC[C@H](O)C1. The number of carbonyl (C=O) groups is 1. The van der Waals surface area contributed by atoms with Crippen molar-refractivity contribution in [1.29, 1.82) is 0 Å². The molecule has 1 saturated heterocycles. The minimum Gasteiger partial charge on any atom is -0.392 e. The highest BCUT2D eigenvalue weighted by Gasteiger charge is 2.59. The van der Waals surface area contributed by atoms with Gasteiger partial charge in [-0.2, -0.15) is 4.31 Å². The smallest absolute Gasteiger partial charge is 0.251 e. The quantitative estimate of drug-likeness (QED) is 0.784. The van der Waals surface area contributed by atoms with E-state index in [4.69, 9.17) is 0 Å². The molecule has 1 aliphatic heterocycles. The Morgan fingerprint density at radius 1 is 1.24 bits per heavy atom. The molecule has 4 atom stereocenters. The van der Waals surface area contributed by atoms with Gasteiger partial charge in [-0.25, -0.2) is 8.42 Å². The monoisotopic (exact) mass is 420 g/mol. The fraction of sp³-hybridized carbons (Fsp3) is 0.682. The van der Waals surface area contributed by atoms with Crippen LogP contribution >= 0.6 is 0 Å². The Hall–Kier alpha value is -1.44. The molecule has 4 rings (SSSR count). The molecule has 1 heterocycles. The molecule has 3 fully saturated rings. The minimum atomic E-state index is -3.74. The van der Waals surface area contributed by atoms with Crippen molar-refractivity contribution in [1.82, 2.24) is 9.62 Å². The van der Waals surface area contributed by atoms with E-state index < -0.39 is 16.1 Å². The Morgan fingerprint density at radius 3 is 2.55 bits per heavy atom. The van der Waals surface area contributed by atoms with E-state index in [1.165, 1.54) is 16.8 Å². The van der Waals surface area contributed by atoms with Crippen LogP contribution in [0.4, 0.5) is 0 Å². The van der Waals surface area contributed by atoms with E-state index in [9.17, 15) is 18.3 Å².